The number of carboxylic acids is 1. The number of carboxylic acid groups (broad SMARTS) is 1. The van der Waals surface area contributed by atoms with Crippen molar-refractivity contribution in [1.82, 2.24) is 5.32 Å². The van der Waals surface area contributed by atoms with Crippen LogP contribution in [0.15, 0.2) is 42.5 Å². The molecule has 0 saturated heterocycles. The van der Waals surface area contributed by atoms with Gasteiger partial charge in [0.2, 0.25) is 0 Å². The van der Waals surface area contributed by atoms with Crippen LogP contribution in [0.25, 0.3) is 11.1 Å². The molecule has 3 N–H and O–H groups in total. The van der Waals surface area contributed by atoms with Gasteiger partial charge in [0.05, 0.1) is 12.2 Å². The zero-order chi connectivity index (χ0) is 23.5. The van der Waals surface area contributed by atoms with E-state index in [0.717, 1.165) is 18.6 Å². The van der Waals surface area contributed by atoms with Gasteiger partial charge in [-0.2, -0.15) is 13.2 Å². The molecular formula is C24H26F3NO4. The van der Waals surface area contributed by atoms with Gasteiger partial charge in [0.1, 0.15) is 5.54 Å². The van der Waals surface area contributed by atoms with E-state index >= 15 is 0 Å². The Kier molecular flexibility index (Phi) is 6.93. The third kappa shape index (κ3) is 4.96. The van der Waals surface area contributed by atoms with Crippen LogP contribution in [0.3, 0.4) is 0 Å². The predicted molar refractivity (Wildman–Crippen MR) is 113 cm³/mol. The van der Waals surface area contributed by atoms with Gasteiger partial charge in [-0.25, -0.2) is 4.79 Å². The third-order valence-corrected chi connectivity index (χ3v) is 6.34. The van der Waals surface area contributed by atoms with E-state index in [1.165, 1.54) is 30.3 Å². The Bertz CT molecular complexity index is 995. The molecule has 3 rings (SSSR count). The van der Waals surface area contributed by atoms with Gasteiger partial charge in [-0.3, -0.25) is 4.79 Å². The van der Waals surface area contributed by atoms with Crippen LogP contribution in [0.2, 0.25) is 0 Å². The summed E-state index contributed by atoms with van der Waals surface area (Å²) in [6, 6.07) is 8.93. The van der Waals surface area contributed by atoms with Crippen LogP contribution >= 0.6 is 0 Å². The fourth-order valence-corrected chi connectivity index (χ4v) is 4.25. The van der Waals surface area contributed by atoms with E-state index in [2.05, 4.69) is 12.2 Å². The van der Waals surface area contributed by atoms with Crippen molar-refractivity contribution in [2.45, 2.75) is 57.3 Å². The van der Waals surface area contributed by atoms with E-state index in [0.29, 0.717) is 37.2 Å². The van der Waals surface area contributed by atoms with Crippen molar-refractivity contribution in [2.75, 3.05) is 0 Å². The van der Waals surface area contributed by atoms with Gasteiger partial charge < -0.3 is 15.5 Å². The average molecular weight is 449 g/mol. The first-order chi connectivity index (χ1) is 15.1. The Labute approximate surface area is 184 Å². The Balaban J connectivity index is 1.93. The van der Waals surface area contributed by atoms with Crippen molar-refractivity contribution < 1.29 is 33.0 Å². The smallest absolute Gasteiger partial charge is 0.416 e. The molecule has 32 heavy (non-hydrogen) atoms. The SMILES string of the molecule is CC[C@H]1CC[C@@](NC(=O)c2ccc(CO)c(-c3cccc(C(F)(F)F)c3)c2)(C(=O)O)CC1. The molecule has 1 saturated carbocycles. The molecule has 0 aromatic heterocycles. The van der Waals surface area contributed by atoms with Crippen molar-refractivity contribution in [3.8, 4) is 11.1 Å². The Morgan fingerprint density at radius 2 is 1.81 bits per heavy atom. The molecular weight excluding hydrogens is 423 g/mol. The van der Waals surface area contributed by atoms with Crippen LogP contribution < -0.4 is 5.32 Å². The van der Waals surface area contributed by atoms with Gasteiger partial charge in [0.15, 0.2) is 0 Å². The van der Waals surface area contributed by atoms with Crippen LogP contribution in [-0.4, -0.2) is 27.6 Å². The van der Waals surface area contributed by atoms with E-state index in [1.807, 2.05) is 0 Å². The maximum atomic E-state index is 13.1. The number of benzene rings is 2. The maximum absolute atomic E-state index is 13.1. The first-order valence-corrected chi connectivity index (χ1v) is 10.6. The Hall–Kier alpha value is -2.87. The van der Waals surface area contributed by atoms with Gasteiger partial charge in [-0.1, -0.05) is 31.5 Å². The van der Waals surface area contributed by atoms with Crippen molar-refractivity contribution >= 4 is 11.9 Å². The lowest BCUT2D eigenvalue weighted by Crippen LogP contribution is -2.56. The normalized spacial score (nSPS) is 21.2. The number of hydrogen-bond acceptors (Lipinski definition) is 3. The minimum Gasteiger partial charge on any atom is -0.480 e. The number of alkyl halides is 3. The molecule has 0 bridgehead atoms. The monoisotopic (exact) mass is 449 g/mol. The molecule has 0 unspecified atom stereocenters. The second-order valence-corrected chi connectivity index (χ2v) is 8.30. The van der Waals surface area contributed by atoms with Crippen LogP contribution in [-0.2, 0) is 17.6 Å². The summed E-state index contributed by atoms with van der Waals surface area (Å²) in [7, 11) is 0. The van der Waals surface area contributed by atoms with Crippen LogP contribution in [0.5, 0.6) is 0 Å². The van der Waals surface area contributed by atoms with E-state index in [-0.39, 0.29) is 16.7 Å². The van der Waals surface area contributed by atoms with Crippen molar-refractivity contribution in [3.05, 3.63) is 59.2 Å². The third-order valence-electron chi connectivity index (χ3n) is 6.34. The molecule has 1 fully saturated rings. The minimum atomic E-state index is -4.53. The standard InChI is InChI=1S/C24H26F3NO4/c1-2-15-8-10-23(11-9-15,22(31)32)28-21(30)17-6-7-18(14-29)20(13-17)16-4-3-5-19(12-16)24(25,26)27/h3-7,12-13,15,29H,2,8-11,14H2,1H3,(H,28,30)(H,31,32)/t15-,23-. The summed E-state index contributed by atoms with van der Waals surface area (Å²) in [5.41, 5.74) is -1.24. The predicted octanol–water partition coefficient (Wildman–Crippen LogP) is 5.02. The number of carbonyl (C=O) groups is 2. The summed E-state index contributed by atoms with van der Waals surface area (Å²) in [6.45, 7) is 1.62. The highest BCUT2D eigenvalue weighted by Crippen LogP contribution is 2.36. The molecule has 2 aromatic rings. The molecule has 8 heteroatoms. The second-order valence-electron chi connectivity index (χ2n) is 8.30. The summed E-state index contributed by atoms with van der Waals surface area (Å²) in [5.74, 6) is -1.28. The first-order valence-electron chi connectivity index (χ1n) is 10.6. The number of amides is 1. The lowest BCUT2D eigenvalue weighted by Gasteiger charge is -2.37. The largest absolute Gasteiger partial charge is 0.480 e. The molecule has 5 nitrogen and oxygen atoms in total. The zero-order valence-electron chi connectivity index (χ0n) is 17.7. The highest BCUT2D eigenvalue weighted by Gasteiger charge is 2.43. The quantitative estimate of drug-likeness (QED) is 0.578. The lowest BCUT2D eigenvalue weighted by atomic mass is 9.75. The number of halogens is 3. The Morgan fingerprint density at radius 3 is 2.38 bits per heavy atom. The first kappa shape index (κ1) is 23.8. The molecule has 1 aliphatic carbocycles. The van der Waals surface area contributed by atoms with Crippen LogP contribution in [0.1, 0.15) is 60.5 Å². The number of rotatable bonds is 6. The number of aliphatic carboxylic acids is 1. The lowest BCUT2D eigenvalue weighted by molar-refractivity contribution is -0.146. The highest BCUT2D eigenvalue weighted by molar-refractivity contribution is 5.99. The molecule has 0 heterocycles. The van der Waals surface area contributed by atoms with E-state index in [4.69, 9.17) is 0 Å². The molecule has 0 aliphatic heterocycles. The molecule has 0 atom stereocenters. The van der Waals surface area contributed by atoms with Gasteiger partial charge in [0.25, 0.3) is 5.91 Å². The summed E-state index contributed by atoms with van der Waals surface area (Å²) in [6.07, 6.45) is -1.55. The summed E-state index contributed by atoms with van der Waals surface area (Å²) in [4.78, 5) is 25.0. The van der Waals surface area contributed by atoms with Crippen molar-refractivity contribution in [2.24, 2.45) is 5.92 Å². The molecule has 2 aromatic carbocycles. The molecule has 0 radical (unpaired) electrons. The minimum absolute atomic E-state index is 0.118. The summed E-state index contributed by atoms with van der Waals surface area (Å²) in [5, 5.41) is 22.1. The number of carbonyl (C=O) groups excluding carboxylic acids is 1. The number of hydrogen-bond donors (Lipinski definition) is 3. The van der Waals surface area contributed by atoms with E-state index in [1.54, 1.807) is 0 Å². The van der Waals surface area contributed by atoms with E-state index in [9.17, 15) is 33.0 Å². The van der Waals surface area contributed by atoms with Gasteiger partial charge >= 0.3 is 12.1 Å². The molecule has 1 amide bonds. The van der Waals surface area contributed by atoms with Crippen molar-refractivity contribution in [3.63, 3.8) is 0 Å². The second kappa shape index (κ2) is 9.32. The fraction of sp³-hybridized carbons (Fsp3) is 0.417. The zero-order valence-corrected chi connectivity index (χ0v) is 17.7. The van der Waals surface area contributed by atoms with Crippen LogP contribution in [0.4, 0.5) is 13.2 Å². The maximum Gasteiger partial charge on any atom is 0.416 e. The molecule has 172 valence electrons. The molecule has 0 spiro atoms. The van der Waals surface area contributed by atoms with Gasteiger partial charge in [0, 0.05) is 5.56 Å². The van der Waals surface area contributed by atoms with Gasteiger partial charge in [-0.15, -0.1) is 0 Å². The number of aliphatic hydroxyl groups excluding tert-OH is 1. The Morgan fingerprint density at radius 1 is 1.12 bits per heavy atom. The summed E-state index contributed by atoms with van der Waals surface area (Å²) < 4.78 is 39.4. The summed E-state index contributed by atoms with van der Waals surface area (Å²) >= 11 is 0. The average Bonchev–Trinajstić information content (AvgIpc) is 2.78. The topological polar surface area (TPSA) is 86.6 Å². The number of aliphatic hydroxyl groups is 1. The van der Waals surface area contributed by atoms with E-state index < -0.39 is 35.8 Å². The fourth-order valence-electron chi connectivity index (χ4n) is 4.25. The van der Waals surface area contributed by atoms with Crippen molar-refractivity contribution in [1.29, 1.82) is 0 Å². The molecule has 1 aliphatic rings. The number of nitrogens with one attached hydrogen (secondary N) is 1. The highest BCUT2D eigenvalue weighted by atomic mass is 19.4. The van der Waals surface area contributed by atoms with Crippen LogP contribution in [0, 0.1) is 5.92 Å². The van der Waals surface area contributed by atoms with Gasteiger partial charge in [-0.05, 0) is 72.6 Å².